The smallest absolute Gasteiger partial charge is 0.252 e. The molecule has 24 heavy (non-hydrogen) atoms. The number of benzene rings is 1. The van der Waals surface area contributed by atoms with E-state index in [4.69, 9.17) is 14.2 Å². The maximum Gasteiger partial charge on any atom is 0.252 e. The Morgan fingerprint density at radius 1 is 1.17 bits per heavy atom. The number of hydrogen-bond donors (Lipinski definition) is 2. The van der Waals surface area contributed by atoms with Crippen LogP contribution in [0.5, 0.6) is 11.5 Å². The van der Waals surface area contributed by atoms with Gasteiger partial charge in [-0.1, -0.05) is 6.07 Å². The SMILES string of the molecule is COc1ccc(C(C)NC(=O)C2(OC)CCNCC2)cc1OC.Cl. The molecule has 1 aromatic rings. The van der Waals surface area contributed by atoms with Crippen molar-refractivity contribution in [2.24, 2.45) is 0 Å². The fourth-order valence-corrected chi connectivity index (χ4v) is 2.89. The second kappa shape index (κ2) is 9.11. The summed E-state index contributed by atoms with van der Waals surface area (Å²) < 4.78 is 16.1. The Balaban J connectivity index is 0.00000288. The maximum atomic E-state index is 12.7. The zero-order valence-electron chi connectivity index (χ0n) is 14.7. The molecule has 0 bridgehead atoms. The van der Waals surface area contributed by atoms with Gasteiger partial charge in [0.1, 0.15) is 5.60 Å². The summed E-state index contributed by atoms with van der Waals surface area (Å²) in [6.45, 7) is 3.52. The summed E-state index contributed by atoms with van der Waals surface area (Å²) in [6, 6.07) is 5.50. The Kier molecular flexibility index (Phi) is 7.79. The Morgan fingerprint density at radius 2 is 1.79 bits per heavy atom. The van der Waals surface area contributed by atoms with Crippen LogP contribution in [-0.4, -0.2) is 45.9 Å². The van der Waals surface area contributed by atoms with Crippen molar-refractivity contribution in [1.82, 2.24) is 10.6 Å². The Bertz CT molecular complexity index is 547. The van der Waals surface area contributed by atoms with Crippen LogP contribution in [0.3, 0.4) is 0 Å². The van der Waals surface area contributed by atoms with Gasteiger partial charge in [-0.15, -0.1) is 12.4 Å². The van der Waals surface area contributed by atoms with Crippen molar-refractivity contribution in [2.75, 3.05) is 34.4 Å². The highest BCUT2D eigenvalue weighted by Crippen LogP contribution is 2.30. The largest absolute Gasteiger partial charge is 0.493 e. The van der Waals surface area contributed by atoms with E-state index in [1.54, 1.807) is 21.3 Å². The third-order valence-corrected chi connectivity index (χ3v) is 4.47. The normalized spacial score (nSPS) is 17.3. The lowest BCUT2D eigenvalue weighted by Crippen LogP contribution is -2.54. The number of nitrogens with one attached hydrogen (secondary N) is 2. The van der Waals surface area contributed by atoms with Gasteiger partial charge in [-0.05, 0) is 50.6 Å². The van der Waals surface area contributed by atoms with Gasteiger partial charge < -0.3 is 24.8 Å². The highest BCUT2D eigenvalue weighted by molar-refractivity contribution is 5.86. The van der Waals surface area contributed by atoms with E-state index >= 15 is 0 Å². The Hall–Kier alpha value is -1.50. The molecule has 0 spiro atoms. The van der Waals surface area contributed by atoms with Crippen LogP contribution in [0.4, 0.5) is 0 Å². The lowest BCUT2D eigenvalue weighted by atomic mass is 9.90. The molecule has 0 saturated carbocycles. The fourth-order valence-electron chi connectivity index (χ4n) is 2.89. The molecule has 2 rings (SSSR count). The fraction of sp³-hybridized carbons (Fsp3) is 0.588. The van der Waals surface area contributed by atoms with Gasteiger partial charge in [-0.25, -0.2) is 0 Å². The minimum Gasteiger partial charge on any atom is -0.493 e. The quantitative estimate of drug-likeness (QED) is 0.814. The van der Waals surface area contributed by atoms with Gasteiger partial charge in [0.25, 0.3) is 5.91 Å². The molecule has 136 valence electrons. The van der Waals surface area contributed by atoms with Gasteiger partial charge in [0.2, 0.25) is 0 Å². The summed E-state index contributed by atoms with van der Waals surface area (Å²) in [6.07, 6.45) is 1.35. The van der Waals surface area contributed by atoms with Crippen LogP contribution in [0, 0.1) is 0 Å². The van der Waals surface area contributed by atoms with Gasteiger partial charge in [0, 0.05) is 7.11 Å². The third kappa shape index (κ3) is 4.32. The predicted octanol–water partition coefficient (Wildman–Crippen LogP) is 2.07. The van der Waals surface area contributed by atoms with Crippen LogP contribution < -0.4 is 20.1 Å². The van der Waals surface area contributed by atoms with Crippen molar-refractivity contribution in [1.29, 1.82) is 0 Å². The molecule has 1 aliphatic rings. The summed E-state index contributed by atoms with van der Waals surface area (Å²) in [7, 11) is 4.80. The molecule has 0 aromatic heterocycles. The number of ether oxygens (including phenoxy) is 3. The zero-order valence-corrected chi connectivity index (χ0v) is 15.5. The van der Waals surface area contributed by atoms with E-state index in [1.165, 1.54) is 0 Å². The van der Waals surface area contributed by atoms with Gasteiger partial charge in [0.15, 0.2) is 11.5 Å². The molecule has 2 N–H and O–H groups in total. The molecule has 1 unspecified atom stereocenters. The molecule has 1 fully saturated rings. The topological polar surface area (TPSA) is 68.8 Å². The molecule has 1 saturated heterocycles. The number of halogens is 1. The van der Waals surface area contributed by atoms with Crippen molar-refractivity contribution in [2.45, 2.75) is 31.4 Å². The molecule has 1 heterocycles. The van der Waals surface area contributed by atoms with Crippen LogP contribution in [0.1, 0.15) is 31.4 Å². The number of piperidine rings is 1. The first-order chi connectivity index (χ1) is 11.1. The molecule has 0 radical (unpaired) electrons. The molecule has 1 aliphatic heterocycles. The van der Waals surface area contributed by atoms with Gasteiger partial charge in [0.05, 0.1) is 20.3 Å². The molecule has 7 heteroatoms. The van der Waals surface area contributed by atoms with E-state index in [0.29, 0.717) is 24.3 Å². The monoisotopic (exact) mass is 358 g/mol. The maximum absolute atomic E-state index is 12.7. The second-order valence-electron chi connectivity index (χ2n) is 5.76. The number of carbonyl (C=O) groups excluding carboxylic acids is 1. The summed E-state index contributed by atoms with van der Waals surface area (Å²) in [4.78, 5) is 12.7. The van der Waals surface area contributed by atoms with Crippen molar-refractivity contribution in [3.8, 4) is 11.5 Å². The lowest BCUT2D eigenvalue weighted by Gasteiger charge is -2.35. The van der Waals surface area contributed by atoms with E-state index in [-0.39, 0.29) is 24.4 Å². The molecule has 1 aromatic carbocycles. The minimum atomic E-state index is -0.740. The molecule has 1 atom stereocenters. The van der Waals surface area contributed by atoms with Gasteiger partial charge in [-0.3, -0.25) is 4.79 Å². The zero-order chi connectivity index (χ0) is 16.9. The first-order valence-corrected chi connectivity index (χ1v) is 7.85. The first kappa shape index (κ1) is 20.5. The first-order valence-electron chi connectivity index (χ1n) is 7.85. The van der Waals surface area contributed by atoms with Crippen molar-refractivity contribution in [3.05, 3.63) is 23.8 Å². The molecular weight excluding hydrogens is 332 g/mol. The number of rotatable bonds is 6. The predicted molar refractivity (Wildman–Crippen MR) is 95.2 cm³/mol. The summed E-state index contributed by atoms with van der Waals surface area (Å²) in [5.41, 5.74) is 0.215. The molecule has 0 aliphatic carbocycles. The van der Waals surface area contributed by atoms with Crippen LogP contribution in [0.2, 0.25) is 0 Å². The minimum absolute atomic E-state index is 0. The van der Waals surface area contributed by atoms with Crippen molar-refractivity contribution >= 4 is 18.3 Å². The van der Waals surface area contributed by atoms with Crippen LogP contribution in [0.15, 0.2) is 18.2 Å². The third-order valence-electron chi connectivity index (χ3n) is 4.47. The van der Waals surface area contributed by atoms with E-state index in [9.17, 15) is 4.79 Å². The second-order valence-corrected chi connectivity index (χ2v) is 5.76. The van der Waals surface area contributed by atoms with Crippen molar-refractivity contribution < 1.29 is 19.0 Å². The van der Waals surface area contributed by atoms with Gasteiger partial charge in [-0.2, -0.15) is 0 Å². The highest BCUT2D eigenvalue weighted by Gasteiger charge is 2.40. The highest BCUT2D eigenvalue weighted by atomic mass is 35.5. The molecular formula is C17H27ClN2O4. The number of hydrogen-bond acceptors (Lipinski definition) is 5. The molecule has 1 amide bonds. The van der Waals surface area contributed by atoms with Crippen molar-refractivity contribution in [3.63, 3.8) is 0 Å². The average molecular weight is 359 g/mol. The number of carbonyl (C=O) groups is 1. The lowest BCUT2D eigenvalue weighted by molar-refractivity contribution is -0.147. The Morgan fingerprint density at radius 3 is 2.33 bits per heavy atom. The van der Waals surface area contributed by atoms with Gasteiger partial charge >= 0.3 is 0 Å². The van der Waals surface area contributed by atoms with E-state index in [2.05, 4.69) is 10.6 Å². The molecule has 6 nitrogen and oxygen atoms in total. The Labute approximate surface area is 149 Å². The van der Waals surface area contributed by atoms with E-state index in [1.807, 2.05) is 25.1 Å². The summed E-state index contributed by atoms with van der Waals surface area (Å²) in [5.74, 6) is 1.25. The average Bonchev–Trinajstić information content (AvgIpc) is 2.61. The van der Waals surface area contributed by atoms with Crippen LogP contribution >= 0.6 is 12.4 Å². The van der Waals surface area contributed by atoms with E-state index in [0.717, 1.165) is 18.7 Å². The summed E-state index contributed by atoms with van der Waals surface area (Å²) in [5, 5.41) is 6.31. The summed E-state index contributed by atoms with van der Waals surface area (Å²) >= 11 is 0. The van der Waals surface area contributed by atoms with E-state index < -0.39 is 5.60 Å². The number of amides is 1. The number of methoxy groups -OCH3 is 3. The standard InChI is InChI=1S/C17H26N2O4.ClH/c1-12(13-5-6-14(21-2)15(11-13)22-3)19-16(20)17(23-4)7-9-18-10-8-17;/h5-6,11-12,18H,7-10H2,1-4H3,(H,19,20);1H. The van der Waals surface area contributed by atoms with Crippen LogP contribution in [-0.2, 0) is 9.53 Å². The van der Waals surface area contributed by atoms with Crippen LogP contribution in [0.25, 0.3) is 0 Å².